The highest BCUT2D eigenvalue weighted by Gasteiger charge is 2.48. The zero-order chi connectivity index (χ0) is 13.3. The minimum absolute atomic E-state index is 0.193. The second-order valence-electron chi connectivity index (χ2n) is 5.56. The molecule has 0 aliphatic heterocycles. The summed E-state index contributed by atoms with van der Waals surface area (Å²) in [4.78, 5) is 0. The van der Waals surface area contributed by atoms with Crippen LogP contribution in [-0.2, 0) is 11.3 Å². The Morgan fingerprint density at radius 2 is 2.22 bits per heavy atom. The van der Waals surface area contributed by atoms with Gasteiger partial charge in [0.1, 0.15) is 0 Å². The quantitative estimate of drug-likeness (QED) is 0.840. The van der Waals surface area contributed by atoms with Crippen LogP contribution in [0.1, 0.15) is 25.8 Å². The van der Waals surface area contributed by atoms with Gasteiger partial charge in [0, 0.05) is 35.3 Å². The van der Waals surface area contributed by atoms with Crippen molar-refractivity contribution in [2.45, 2.75) is 39.0 Å². The predicted octanol–water partition coefficient (Wildman–Crippen LogP) is 2.93. The third-order valence-electron chi connectivity index (χ3n) is 4.11. The normalized spacial score (nSPS) is 25.8. The summed E-state index contributed by atoms with van der Waals surface area (Å²) in [5.41, 5.74) is 8.17. The molecule has 0 radical (unpaired) electrons. The number of ether oxygens (including phenoxy) is 1. The summed E-state index contributed by atoms with van der Waals surface area (Å²) in [7, 11) is 1.79. The number of halogens is 1. The van der Waals surface area contributed by atoms with Gasteiger partial charge in [-0.05, 0) is 24.1 Å². The van der Waals surface area contributed by atoms with Gasteiger partial charge < -0.3 is 15.8 Å². The Morgan fingerprint density at radius 1 is 1.50 bits per heavy atom. The van der Waals surface area contributed by atoms with Crippen molar-refractivity contribution in [3.8, 4) is 0 Å². The van der Waals surface area contributed by atoms with E-state index < -0.39 is 0 Å². The molecule has 0 heterocycles. The van der Waals surface area contributed by atoms with Gasteiger partial charge in [-0.15, -0.1) is 0 Å². The fourth-order valence-electron chi connectivity index (χ4n) is 2.59. The van der Waals surface area contributed by atoms with Crippen molar-refractivity contribution < 1.29 is 4.74 Å². The number of nitrogens with one attached hydrogen (secondary N) is 1. The SMILES string of the molecule is COC1CC(NCc2ccc(Br)cc2N)C1(C)C. The van der Waals surface area contributed by atoms with Crippen LogP contribution < -0.4 is 11.1 Å². The first-order valence-corrected chi connectivity index (χ1v) is 7.04. The van der Waals surface area contributed by atoms with E-state index in [4.69, 9.17) is 10.5 Å². The molecule has 3 N–H and O–H groups in total. The van der Waals surface area contributed by atoms with Crippen molar-refractivity contribution in [3.63, 3.8) is 0 Å². The second kappa shape index (κ2) is 5.19. The van der Waals surface area contributed by atoms with E-state index in [9.17, 15) is 0 Å². The molecule has 2 unspecified atom stereocenters. The zero-order valence-corrected chi connectivity index (χ0v) is 12.8. The highest BCUT2D eigenvalue weighted by Crippen LogP contribution is 2.42. The second-order valence-corrected chi connectivity index (χ2v) is 6.47. The van der Waals surface area contributed by atoms with E-state index in [0.29, 0.717) is 12.1 Å². The molecule has 2 rings (SSSR count). The number of methoxy groups -OCH3 is 1. The fourth-order valence-corrected chi connectivity index (χ4v) is 2.97. The van der Waals surface area contributed by atoms with Crippen LogP contribution in [0.25, 0.3) is 0 Å². The van der Waals surface area contributed by atoms with Gasteiger partial charge >= 0.3 is 0 Å². The number of anilines is 1. The number of benzene rings is 1. The van der Waals surface area contributed by atoms with Crippen LogP contribution in [0.15, 0.2) is 22.7 Å². The molecule has 1 fully saturated rings. The molecule has 2 atom stereocenters. The van der Waals surface area contributed by atoms with Gasteiger partial charge in [-0.1, -0.05) is 35.8 Å². The molecule has 1 aromatic carbocycles. The minimum Gasteiger partial charge on any atom is -0.398 e. The largest absolute Gasteiger partial charge is 0.398 e. The average Bonchev–Trinajstić information content (AvgIpc) is 2.30. The Hall–Kier alpha value is -0.580. The summed E-state index contributed by atoms with van der Waals surface area (Å²) in [6.07, 6.45) is 1.43. The molecule has 0 spiro atoms. The van der Waals surface area contributed by atoms with Gasteiger partial charge in [0.05, 0.1) is 6.10 Å². The van der Waals surface area contributed by atoms with E-state index in [2.05, 4.69) is 41.2 Å². The number of nitrogens with two attached hydrogens (primary N) is 1. The first-order valence-electron chi connectivity index (χ1n) is 6.25. The maximum Gasteiger partial charge on any atom is 0.0652 e. The van der Waals surface area contributed by atoms with Crippen molar-refractivity contribution in [3.05, 3.63) is 28.2 Å². The van der Waals surface area contributed by atoms with E-state index in [1.54, 1.807) is 7.11 Å². The Bertz CT molecular complexity index is 434. The molecular weight excluding hydrogens is 292 g/mol. The van der Waals surface area contributed by atoms with Gasteiger partial charge in [0.25, 0.3) is 0 Å². The van der Waals surface area contributed by atoms with Crippen LogP contribution in [0, 0.1) is 5.41 Å². The lowest BCUT2D eigenvalue weighted by Gasteiger charge is -2.51. The molecule has 0 aromatic heterocycles. The Kier molecular flexibility index (Phi) is 3.99. The van der Waals surface area contributed by atoms with Crippen LogP contribution >= 0.6 is 15.9 Å². The molecular formula is C14H21BrN2O. The van der Waals surface area contributed by atoms with Gasteiger partial charge in [0.15, 0.2) is 0 Å². The predicted molar refractivity (Wildman–Crippen MR) is 78.4 cm³/mol. The molecule has 0 saturated heterocycles. The van der Waals surface area contributed by atoms with Crippen LogP contribution in [0.2, 0.25) is 0 Å². The number of rotatable bonds is 4. The lowest BCUT2D eigenvalue weighted by molar-refractivity contribution is -0.0978. The third-order valence-corrected chi connectivity index (χ3v) is 4.60. The van der Waals surface area contributed by atoms with Gasteiger partial charge in [-0.2, -0.15) is 0 Å². The van der Waals surface area contributed by atoms with Crippen LogP contribution in [-0.4, -0.2) is 19.3 Å². The highest BCUT2D eigenvalue weighted by atomic mass is 79.9. The Labute approximate surface area is 117 Å². The minimum atomic E-state index is 0.193. The lowest BCUT2D eigenvalue weighted by Crippen LogP contribution is -2.60. The molecule has 1 saturated carbocycles. The summed E-state index contributed by atoms with van der Waals surface area (Å²) < 4.78 is 6.47. The van der Waals surface area contributed by atoms with E-state index >= 15 is 0 Å². The maximum atomic E-state index is 5.99. The summed E-state index contributed by atoms with van der Waals surface area (Å²) in [5, 5.41) is 3.57. The van der Waals surface area contributed by atoms with E-state index in [-0.39, 0.29) is 5.41 Å². The summed E-state index contributed by atoms with van der Waals surface area (Å²) in [5.74, 6) is 0. The van der Waals surface area contributed by atoms with Crippen LogP contribution in [0.3, 0.4) is 0 Å². The number of hydrogen-bond donors (Lipinski definition) is 2. The molecule has 4 heteroatoms. The molecule has 1 aliphatic carbocycles. The van der Waals surface area contributed by atoms with Crippen molar-refractivity contribution in [2.75, 3.05) is 12.8 Å². The number of hydrogen-bond acceptors (Lipinski definition) is 3. The van der Waals surface area contributed by atoms with Crippen molar-refractivity contribution in [2.24, 2.45) is 5.41 Å². The molecule has 1 aliphatic rings. The number of nitrogen functional groups attached to an aromatic ring is 1. The average molecular weight is 313 g/mol. The molecule has 0 bridgehead atoms. The van der Waals surface area contributed by atoms with Crippen molar-refractivity contribution in [1.82, 2.24) is 5.32 Å². The molecule has 3 nitrogen and oxygen atoms in total. The Morgan fingerprint density at radius 3 is 2.78 bits per heavy atom. The molecule has 0 amide bonds. The van der Waals surface area contributed by atoms with E-state index in [1.807, 2.05) is 12.1 Å². The van der Waals surface area contributed by atoms with Crippen molar-refractivity contribution >= 4 is 21.6 Å². The third kappa shape index (κ3) is 2.56. The fraction of sp³-hybridized carbons (Fsp3) is 0.571. The smallest absolute Gasteiger partial charge is 0.0652 e. The standard InChI is InChI=1S/C14H21BrN2O/c1-14(2)12(7-13(14)18-3)17-8-9-4-5-10(15)6-11(9)16/h4-6,12-13,17H,7-8,16H2,1-3H3. The van der Waals surface area contributed by atoms with Gasteiger partial charge in [0.2, 0.25) is 0 Å². The Balaban J connectivity index is 1.93. The molecule has 1 aromatic rings. The lowest BCUT2D eigenvalue weighted by atomic mass is 9.64. The molecule has 18 heavy (non-hydrogen) atoms. The van der Waals surface area contributed by atoms with Crippen LogP contribution in [0.4, 0.5) is 5.69 Å². The van der Waals surface area contributed by atoms with Gasteiger partial charge in [-0.3, -0.25) is 0 Å². The summed E-state index contributed by atoms with van der Waals surface area (Å²) >= 11 is 3.42. The zero-order valence-electron chi connectivity index (χ0n) is 11.2. The van der Waals surface area contributed by atoms with E-state index in [1.165, 1.54) is 0 Å². The first-order chi connectivity index (χ1) is 8.45. The summed E-state index contributed by atoms with van der Waals surface area (Å²) in [6.45, 7) is 5.30. The van der Waals surface area contributed by atoms with Gasteiger partial charge in [-0.25, -0.2) is 0 Å². The first kappa shape index (κ1) is 13.8. The summed E-state index contributed by atoms with van der Waals surface area (Å²) in [6, 6.07) is 6.52. The highest BCUT2D eigenvalue weighted by molar-refractivity contribution is 9.10. The molecule has 100 valence electrons. The van der Waals surface area contributed by atoms with Crippen molar-refractivity contribution in [1.29, 1.82) is 0 Å². The topological polar surface area (TPSA) is 47.3 Å². The van der Waals surface area contributed by atoms with Crippen LogP contribution in [0.5, 0.6) is 0 Å². The monoisotopic (exact) mass is 312 g/mol. The van der Waals surface area contributed by atoms with E-state index in [0.717, 1.165) is 28.7 Å². The maximum absolute atomic E-state index is 5.99.